The SMILES string of the molecule is IC[C@@]12CCC[C@@H]1CCO2. The Bertz CT molecular complexity index is 125. The number of ether oxygens (including phenoxy) is 1. The summed E-state index contributed by atoms with van der Waals surface area (Å²) < 4.78 is 7.01. The minimum Gasteiger partial charge on any atom is -0.374 e. The topological polar surface area (TPSA) is 9.23 Å². The molecule has 1 aliphatic carbocycles. The third kappa shape index (κ3) is 0.916. The monoisotopic (exact) mass is 252 g/mol. The molecule has 58 valence electrons. The highest BCUT2D eigenvalue weighted by Crippen LogP contribution is 2.46. The predicted molar refractivity (Wildman–Crippen MR) is 49.5 cm³/mol. The van der Waals surface area contributed by atoms with Crippen molar-refractivity contribution in [1.29, 1.82) is 0 Å². The summed E-state index contributed by atoms with van der Waals surface area (Å²) in [5.74, 6) is 0.907. The van der Waals surface area contributed by atoms with Crippen LogP contribution in [0.4, 0.5) is 0 Å². The number of fused-ring (bicyclic) bond motifs is 1. The third-order valence-corrected chi connectivity index (χ3v) is 4.27. The van der Waals surface area contributed by atoms with E-state index in [2.05, 4.69) is 22.6 Å². The lowest BCUT2D eigenvalue weighted by Gasteiger charge is -2.25. The molecule has 1 saturated carbocycles. The van der Waals surface area contributed by atoms with Crippen LogP contribution >= 0.6 is 22.6 Å². The average Bonchev–Trinajstić information content (AvgIpc) is 2.42. The molecular formula is C8H13IO. The third-order valence-electron chi connectivity index (χ3n) is 2.98. The van der Waals surface area contributed by atoms with E-state index in [-0.39, 0.29) is 0 Å². The van der Waals surface area contributed by atoms with Crippen LogP contribution in [0.1, 0.15) is 25.7 Å². The smallest absolute Gasteiger partial charge is 0.0800 e. The number of rotatable bonds is 1. The fourth-order valence-electron chi connectivity index (χ4n) is 2.33. The zero-order valence-corrected chi connectivity index (χ0v) is 8.26. The molecule has 1 nitrogen and oxygen atoms in total. The first kappa shape index (κ1) is 7.35. The molecule has 0 radical (unpaired) electrons. The van der Waals surface area contributed by atoms with Crippen molar-refractivity contribution >= 4 is 22.6 Å². The molecule has 1 heterocycles. The van der Waals surface area contributed by atoms with E-state index in [4.69, 9.17) is 4.74 Å². The van der Waals surface area contributed by atoms with Gasteiger partial charge in [0.2, 0.25) is 0 Å². The summed E-state index contributed by atoms with van der Waals surface area (Å²) in [6.45, 7) is 1.02. The molecule has 0 aromatic heterocycles. The van der Waals surface area contributed by atoms with Crippen molar-refractivity contribution in [3.63, 3.8) is 0 Å². The van der Waals surface area contributed by atoms with Gasteiger partial charge >= 0.3 is 0 Å². The van der Waals surface area contributed by atoms with Crippen molar-refractivity contribution in [1.82, 2.24) is 0 Å². The van der Waals surface area contributed by atoms with Gasteiger partial charge in [0.15, 0.2) is 0 Å². The van der Waals surface area contributed by atoms with Crippen molar-refractivity contribution in [2.45, 2.75) is 31.3 Å². The van der Waals surface area contributed by atoms with Gasteiger partial charge in [-0.3, -0.25) is 0 Å². The normalized spacial score (nSPS) is 45.9. The first-order chi connectivity index (χ1) is 4.87. The van der Waals surface area contributed by atoms with E-state index in [1.807, 2.05) is 0 Å². The molecule has 0 aromatic rings. The highest BCUT2D eigenvalue weighted by atomic mass is 127. The predicted octanol–water partition coefficient (Wildman–Crippen LogP) is 2.38. The molecule has 0 amide bonds. The molecule has 2 heteroatoms. The second-order valence-corrected chi connectivity index (χ2v) is 4.19. The summed E-state index contributed by atoms with van der Waals surface area (Å²) >= 11 is 2.47. The van der Waals surface area contributed by atoms with Gasteiger partial charge in [-0.1, -0.05) is 29.0 Å². The molecule has 0 unspecified atom stereocenters. The van der Waals surface area contributed by atoms with E-state index in [9.17, 15) is 0 Å². The Morgan fingerprint density at radius 1 is 1.50 bits per heavy atom. The molecule has 0 bridgehead atoms. The van der Waals surface area contributed by atoms with Crippen LogP contribution in [0.15, 0.2) is 0 Å². The summed E-state index contributed by atoms with van der Waals surface area (Å²) in [5.41, 5.74) is 0.334. The first-order valence-electron chi connectivity index (χ1n) is 4.07. The highest BCUT2D eigenvalue weighted by Gasteiger charge is 2.46. The maximum atomic E-state index is 5.81. The average molecular weight is 252 g/mol. The van der Waals surface area contributed by atoms with E-state index < -0.39 is 0 Å². The van der Waals surface area contributed by atoms with Gasteiger partial charge < -0.3 is 4.74 Å². The summed E-state index contributed by atoms with van der Waals surface area (Å²) in [7, 11) is 0. The Balaban J connectivity index is 2.15. The summed E-state index contributed by atoms with van der Waals surface area (Å²) in [5, 5.41) is 0. The van der Waals surface area contributed by atoms with E-state index in [0.717, 1.165) is 12.5 Å². The van der Waals surface area contributed by atoms with Gasteiger partial charge in [-0.15, -0.1) is 0 Å². The fraction of sp³-hybridized carbons (Fsp3) is 1.00. The van der Waals surface area contributed by atoms with E-state index in [1.54, 1.807) is 0 Å². The lowest BCUT2D eigenvalue weighted by atomic mass is 9.93. The number of alkyl halides is 1. The first-order valence-corrected chi connectivity index (χ1v) is 5.60. The molecule has 10 heavy (non-hydrogen) atoms. The van der Waals surface area contributed by atoms with Crippen molar-refractivity contribution in [2.24, 2.45) is 5.92 Å². The Morgan fingerprint density at radius 3 is 3.10 bits per heavy atom. The largest absolute Gasteiger partial charge is 0.374 e. The zero-order chi connectivity index (χ0) is 7.03. The zero-order valence-electron chi connectivity index (χ0n) is 6.11. The maximum absolute atomic E-state index is 5.81. The molecule has 0 N–H and O–H groups in total. The van der Waals surface area contributed by atoms with Crippen LogP contribution in [-0.4, -0.2) is 16.6 Å². The lowest BCUT2D eigenvalue weighted by molar-refractivity contribution is 0.0153. The minimum atomic E-state index is 0.334. The minimum absolute atomic E-state index is 0.334. The Kier molecular flexibility index (Phi) is 1.93. The van der Waals surface area contributed by atoms with Crippen LogP contribution < -0.4 is 0 Å². The van der Waals surface area contributed by atoms with Gasteiger partial charge in [0.1, 0.15) is 0 Å². The Hall–Kier alpha value is 0.690. The van der Waals surface area contributed by atoms with E-state index in [0.29, 0.717) is 5.60 Å². The van der Waals surface area contributed by atoms with Crippen LogP contribution in [-0.2, 0) is 4.74 Å². The van der Waals surface area contributed by atoms with Crippen LogP contribution in [0.25, 0.3) is 0 Å². The van der Waals surface area contributed by atoms with Gasteiger partial charge in [0.05, 0.1) is 5.60 Å². The fourth-order valence-corrected chi connectivity index (χ4v) is 3.56. The van der Waals surface area contributed by atoms with Crippen molar-refractivity contribution in [3.8, 4) is 0 Å². The van der Waals surface area contributed by atoms with Crippen LogP contribution in [0.2, 0.25) is 0 Å². The van der Waals surface area contributed by atoms with E-state index in [1.165, 1.54) is 30.1 Å². The second kappa shape index (κ2) is 2.63. The summed E-state index contributed by atoms with van der Waals surface area (Å²) in [6, 6.07) is 0. The molecular weight excluding hydrogens is 239 g/mol. The molecule has 2 rings (SSSR count). The second-order valence-electron chi connectivity index (χ2n) is 3.42. The molecule has 2 atom stereocenters. The number of hydrogen-bond acceptors (Lipinski definition) is 1. The van der Waals surface area contributed by atoms with Crippen LogP contribution in [0.3, 0.4) is 0 Å². The van der Waals surface area contributed by atoms with E-state index >= 15 is 0 Å². The highest BCUT2D eigenvalue weighted by molar-refractivity contribution is 14.1. The van der Waals surface area contributed by atoms with Gasteiger partial charge in [0, 0.05) is 11.0 Å². The van der Waals surface area contributed by atoms with Gasteiger partial charge in [-0.05, 0) is 25.2 Å². The van der Waals surface area contributed by atoms with Gasteiger partial charge in [0.25, 0.3) is 0 Å². The quantitative estimate of drug-likeness (QED) is 0.514. The maximum Gasteiger partial charge on any atom is 0.0800 e. The Labute approximate surface area is 75.7 Å². The molecule has 1 saturated heterocycles. The van der Waals surface area contributed by atoms with Crippen molar-refractivity contribution in [3.05, 3.63) is 0 Å². The molecule has 2 fully saturated rings. The van der Waals surface area contributed by atoms with Crippen molar-refractivity contribution < 1.29 is 4.74 Å². The number of halogens is 1. The van der Waals surface area contributed by atoms with Crippen LogP contribution in [0, 0.1) is 5.92 Å². The molecule has 1 aliphatic heterocycles. The standard InChI is InChI=1S/C8H13IO/c9-6-8-4-1-2-7(8)3-5-10-8/h7H,1-6H2/t7-,8+/m1/s1. The lowest BCUT2D eigenvalue weighted by Crippen LogP contribution is -2.32. The van der Waals surface area contributed by atoms with Crippen molar-refractivity contribution in [2.75, 3.05) is 11.0 Å². The molecule has 0 aromatic carbocycles. The Morgan fingerprint density at radius 2 is 2.40 bits per heavy atom. The molecule has 2 aliphatic rings. The summed E-state index contributed by atoms with van der Waals surface area (Å²) in [4.78, 5) is 0. The van der Waals surface area contributed by atoms with Crippen LogP contribution in [0.5, 0.6) is 0 Å². The summed E-state index contributed by atoms with van der Waals surface area (Å²) in [6.07, 6.45) is 5.46. The number of hydrogen-bond donors (Lipinski definition) is 0. The van der Waals surface area contributed by atoms with Gasteiger partial charge in [-0.2, -0.15) is 0 Å². The molecule has 0 spiro atoms. The van der Waals surface area contributed by atoms with Gasteiger partial charge in [-0.25, -0.2) is 0 Å².